The van der Waals surface area contributed by atoms with Gasteiger partial charge in [-0.3, -0.25) is 9.48 Å². The van der Waals surface area contributed by atoms with Gasteiger partial charge in [-0.25, -0.2) is 0 Å². The molecule has 128 valence electrons. The van der Waals surface area contributed by atoms with Crippen LogP contribution in [0.2, 0.25) is 0 Å². The van der Waals surface area contributed by atoms with Crippen molar-refractivity contribution in [3.8, 4) is 0 Å². The normalized spacial score (nSPS) is 15.6. The third-order valence-corrected chi connectivity index (χ3v) is 5.54. The van der Waals surface area contributed by atoms with Crippen molar-refractivity contribution in [3.63, 3.8) is 0 Å². The molecule has 2 aromatic rings. The standard InChI is InChI=1S/C19H25N3OS/c1-15-19(18(23)8-9-21-10-12-24-13-11-21)16(2)22(20-15)14-17-6-4-3-5-7-17/h3-7H,8-14H2,1-2H3. The van der Waals surface area contributed by atoms with Gasteiger partial charge in [-0.1, -0.05) is 30.3 Å². The number of rotatable bonds is 6. The lowest BCUT2D eigenvalue weighted by Crippen LogP contribution is -2.34. The van der Waals surface area contributed by atoms with Gasteiger partial charge in [0.25, 0.3) is 0 Å². The van der Waals surface area contributed by atoms with Crippen molar-refractivity contribution in [2.24, 2.45) is 0 Å². The van der Waals surface area contributed by atoms with Crippen molar-refractivity contribution < 1.29 is 4.79 Å². The van der Waals surface area contributed by atoms with Crippen LogP contribution in [0.4, 0.5) is 0 Å². The molecule has 5 heteroatoms. The van der Waals surface area contributed by atoms with Crippen molar-refractivity contribution in [1.29, 1.82) is 0 Å². The van der Waals surface area contributed by atoms with Gasteiger partial charge in [-0.05, 0) is 19.4 Å². The molecule has 1 fully saturated rings. The fourth-order valence-corrected chi connectivity index (χ4v) is 4.20. The van der Waals surface area contributed by atoms with Gasteiger partial charge < -0.3 is 4.90 Å². The molecule has 0 bridgehead atoms. The second-order valence-electron chi connectivity index (χ2n) is 6.32. The van der Waals surface area contributed by atoms with E-state index in [-0.39, 0.29) is 5.78 Å². The van der Waals surface area contributed by atoms with E-state index < -0.39 is 0 Å². The van der Waals surface area contributed by atoms with Gasteiger partial charge in [-0.15, -0.1) is 0 Å². The van der Waals surface area contributed by atoms with Crippen molar-refractivity contribution in [1.82, 2.24) is 14.7 Å². The fourth-order valence-electron chi connectivity index (χ4n) is 3.22. The Labute approximate surface area is 148 Å². The van der Waals surface area contributed by atoms with Gasteiger partial charge in [0.15, 0.2) is 5.78 Å². The first kappa shape index (κ1) is 17.2. The summed E-state index contributed by atoms with van der Waals surface area (Å²) >= 11 is 2.00. The highest BCUT2D eigenvalue weighted by Crippen LogP contribution is 2.18. The average Bonchev–Trinajstić information content (AvgIpc) is 2.88. The Morgan fingerprint density at radius 3 is 2.58 bits per heavy atom. The number of benzene rings is 1. The SMILES string of the molecule is Cc1nn(Cc2ccccc2)c(C)c1C(=O)CCN1CCSCC1. The van der Waals surface area contributed by atoms with Gasteiger partial charge >= 0.3 is 0 Å². The van der Waals surface area contributed by atoms with Gasteiger partial charge in [0.1, 0.15) is 0 Å². The Bertz CT molecular complexity index is 690. The molecule has 0 radical (unpaired) electrons. The quantitative estimate of drug-likeness (QED) is 0.755. The van der Waals surface area contributed by atoms with Crippen LogP contribution < -0.4 is 0 Å². The number of carbonyl (C=O) groups excluding carboxylic acids is 1. The fraction of sp³-hybridized carbons (Fsp3) is 0.474. The largest absolute Gasteiger partial charge is 0.301 e. The summed E-state index contributed by atoms with van der Waals surface area (Å²) < 4.78 is 1.95. The first-order valence-corrected chi connectivity index (χ1v) is 9.72. The summed E-state index contributed by atoms with van der Waals surface area (Å²) in [5, 5.41) is 4.60. The topological polar surface area (TPSA) is 38.1 Å². The molecule has 0 aliphatic carbocycles. The number of hydrogen-bond acceptors (Lipinski definition) is 4. The number of hydrogen-bond donors (Lipinski definition) is 0. The maximum atomic E-state index is 12.7. The molecule has 0 atom stereocenters. The summed E-state index contributed by atoms with van der Waals surface area (Å²) in [7, 11) is 0. The van der Waals surface area contributed by atoms with Crippen LogP contribution in [0.15, 0.2) is 30.3 Å². The average molecular weight is 343 g/mol. The second-order valence-corrected chi connectivity index (χ2v) is 7.54. The molecule has 0 spiro atoms. The van der Waals surface area contributed by atoms with Crippen molar-refractivity contribution in [3.05, 3.63) is 52.8 Å². The molecule has 2 heterocycles. The Hall–Kier alpha value is -1.59. The van der Waals surface area contributed by atoms with Gasteiger partial charge in [0.2, 0.25) is 0 Å². The number of nitrogens with zero attached hydrogens (tertiary/aromatic N) is 3. The molecule has 1 aromatic heterocycles. The van der Waals surface area contributed by atoms with E-state index in [0.29, 0.717) is 13.0 Å². The van der Waals surface area contributed by atoms with E-state index in [1.165, 1.54) is 17.1 Å². The maximum Gasteiger partial charge on any atom is 0.167 e. The molecule has 0 amide bonds. The molecule has 1 aliphatic heterocycles. The van der Waals surface area contributed by atoms with Crippen molar-refractivity contribution in [2.45, 2.75) is 26.8 Å². The van der Waals surface area contributed by atoms with E-state index in [2.05, 4.69) is 22.1 Å². The van der Waals surface area contributed by atoms with Crippen LogP contribution in [0, 0.1) is 13.8 Å². The third kappa shape index (κ3) is 4.08. The molecule has 0 N–H and O–H groups in total. The number of thioether (sulfide) groups is 1. The summed E-state index contributed by atoms with van der Waals surface area (Å²) in [4.78, 5) is 15.1. The van der Waals surface area contributed by atoms with Crippen molar-refractivity contribution in [2.75, 3.05) is 31.1 Å². The minimum Gasteiger partial charge on any atom is -0.301 e. The zero-order chi connectivity index (χ0) is 16.9. The molecule has 3 rings (SSSR count). The van der Waals surface area contributed by atoms with E-state index in [9.17, 15) is 4.79 Å². The zero-order valence-corrected chi connectivity index (χ0v) is 15.3. The molecule has 24 heavy (non-hydrogen) atoms. The summed E-state index contributed by atoms with van der Waals surface area (Å²) in [6.45, 7) is 7.73. The highest BCUT2D eigenvalue weighted by molar-refractivity contribution is 7.99. The Morgan fingerprint density at radius 1 is 1.17 bits per heavy atom. The van der Waals surface area contributed by atoms with Gasteiger partial charge in [0.05, 0.1) is 17.8 Å². The van der Waals surface area contributed by atoms with Crippen LogP contribution in [0.3, 0.4) is 0 Å². The van der Waals surface area contributed by atoms with E-state index in [4.69, 9.17) is 0 Å². The van der Waals surface area contributed by atoms with Crippen molar-refractivity contribution >= 4 is 17.5 Å². The van der Waals surface area contributed by atoms with Gasteiger partial charge in [0, 0.05) is 43.3 Å². The molecular weight excluding hydrogens is 318 g/mol. The molecule has 4 nitrogen and oxygen atoms in total. The van der Waals surface area contributed by atoms with Crippen LogP contribution in [-0.4, -0.2) is 51.6 Å². The van der Waals surface area contributed by atoms with E-state index in [1.807, 2.05) is 48.5 Å². The zero-order valence-electron chi connectivity index (χ0n) is 14.5. The van der Waals surface area contributed by atoms with Crippen LogP contribution in [0.25, 0.3) is 0 Å². The summed E-state index contributed by atoms with van der Waals surface area (Å²) in [5.41, 5.74) is 3.85. The van der Waals surface area contributed by atoms with Crippen LogP contribution >= 0.6 is 11.8 Å². The molecule has 0 saturated carbocycles. The number of carbonyl (C=O) groups is 1. The van der Waals surface area contributed by atoms with Gasteiger partial charge in [-0.2, -0.15) is 16.9 Å². The van der Waals surface area contributed by atoms with Crippen LogP contribution in [-0.2, 0) is 6.54 Å². The summed E-state index contributed by atoms with van der Waals surface area (Å²) in [5.74, 6) is 2.59. The lowest BCUT2D eigenvalue weighted by atomic mass is 10.1. The maximum absolute atomic E-state index is 12.7. The highest BCUT2D eigenvalue weighted by atomic mass is 32.2. The Morgan fingerprint density at radius 2 is 1.88 bits per heavy atom. The minimum atomic E-state index is 0.225. The first-order chi connectivity index (χ1) is 11.6. The number of aromatic nitrogens is 2. The molecule has 1 aromatic carbocycles. The van der Waals surface area contributed by atoms with E-state index >= 15 is 0 Å². The van der Waals surface area contributed by atoms with E-state index in [0.717, 1.165) is 36.6 Å². The molecular formula is C19H25N3OS. The summed E-state index contributed by atoms with van der Waals surface area (Å²) in [6, 6.07) is 10.3. The lowest BCUT2D eigenvalue weighted by molar-refractivity contribution is 0.0965. The highest BCUT2D eigenvalue weighted by Gasteiger charge is 2.20. The lowest BCUT2D eigenvalue weighted by Gasteiger charge is -2.25. The predicted molar refractivity (Wildman–Crippen MR) is 100.0 cm³/mol. The summed E-state index contributed by atoms with van der Waals surface area (Å²) in [6.07, 6.45) is 0.587. The number of Topliss-reactive ketones (excluding diaryl/α,β-unsaturated/α-hetero) is 1. The molecule has 1 aliphatic rings. The Balaban J connectivity index is 1.67. The van der Waals surface area contributed by atoms with E-state index in [1.54, 1.807) is 0 Å². The van der Waals surface area contributed by atoms with Crippen LogP contribution in [0.5, 0.6) is 0 Å². The smallest absolute Gasteiger partial charge is 0.167 e. The van der Waals surface area contributed by atoms with Crippen LogP contribution in [0.1, 0.15) is 33.7 Å². The third-order valence-electron chi connectivity index (χ3n) is 4.59. The second kappa shape index (κ2) is 7.99. The number of aryl methyl sites for hydroxylation is 1. The minimum absolute atomic E-state index is 0.225. The first-order valence-electron chi connectivity index (χ1n) is 8.56. The molecule has 1 saturated heterocycles. The predicted octanol–water partition coefficient (Wildman–Crippen LogP) is 3.17. The monoisotopic (exact) mass is 343 g/mol. The molecule has 0 unspecified atom stereocenters. The number of ketones is 1. The Kier molecular flexibility index (Phi) is 5.74.